The summed E-state index contributed by atoms with van der Waals surface area (Å²) in [6.07, 6.45) is 4.24. The first-order valence-corrected chi connectivity index (χ1v) is 12.3. The summed E-state index contributed by atoms with van der Waals surface area (Å²) in [7, 11) is -3.52. The second-order valence-electron chi connectivity index (χ2n) is 7.24. The minimum atomic E-state index is -3.52. The van der Waals surface area contributed by atoms with E-state index in [-0.39, 0.29) is 28.9 Å². The van der Waals surface area contributed by atoms with Gasteiger partial charge in [0.15, 0.2) is 5.76 Å². The van der Waals surface area contributed by atoms with Gasteiger partial charge in [-0.1, -0.05) is 6.42 Å². The van der Waals surface area contributed by atoms with Gasteiger partial charge < -0.3 is 9.73 Å². The standard InChI is InChI=1S/C22H22N2O5S2/c25-21(19-5-4-14-29-19)20-11-8-17(30-20)15-23-22(26)16-6-9-18(10-7-16)31(27,28)24-12-2-1-3-13-24/h4-11,14H,1-3,12-13,15H2,(H,23,26). The highest BCUT2D eigenvalue weighted by Gasteiger charge is 2.26. The first kappa shape index (κ1) is 21.5. The molecular formula is C22H22N2O5S2. The first-order valence-electron chi connectivity index (χ1n) is 10.0. The predicted octanol–water partition coefficient (Wildman–Crippen LogP) is 3.68. The van der Waals surface area contributed by atoms with Crippen LogP contribution in [-0.4, -0.2) is 37.5 Å². The number of sulfonamides is 1. The van der Waals surface area contributed by atoms with Gasteiger partial charge in [0.05, 0.1) is 22.6 Å². The molecule has 0 unspecified atom stereocenters. The highest BCUT2D eigenvalue weighted by Crippen LogP contribution is 2.22. The highest BCUT2D eigenvalue weighted by atomic mass is 32.2. The van der Waals surface area contributed by atoms with Gasteiger partial charge in [0.25, 0.3) is 5.91 Å². The molecule has 1 aliphatic rings. The van der Waals surface area contributed by atoms with Gasteiger partial charge in [0, 0.05) is 23.5 Å². The van der Waals surface area contributed by atoms with Crippen LogP contribution in [0.15, 0.2) is 64.1 Å². The Hall–Kier alpha value is -2.75. The minimum absolute atomic E-state index is 0.196. The molecule has 3 heterocycles. The van der Waals surface area contributed by atoms with Crippen LogP contribution < -0.4 is 5.32 Å². The van der Waals surface area contributed by atoms with Crippen molar-refractivity contribution in [3.05, 3.63) is 75.9 Å². The van der Waals surface area contributed by atoms with Crippen molar-refractivity contribution in [1.82, 2.24) is 9.62 Å². The fraction of sp³-hybridized carbons (Fsp3) is 0.273. The molecular weight excluding hydrogens is 436 g/mol. The normalized spacial score (nSPS) is 15.0. The Labute approximate surface area is 184 Å². The number of nitrogens with one attached hydrogen (secondary N) is 1. The number of hydrogen-bond donors (Lipinski definition) is 1. The number of amides is 1. The Morgan fingerprint density at radius 1 is 1.00 bits per heavy atom. The van der Waals surface area contributed by atoms with E-state index in [9.17, 15) is 18.0 Å². The van der Waals surface area contributed by atoms with E-state index in [1.54, 1.807) is 24.3 Å². The molecule has 0 bridgehead atoms. The van der Waals surface area contributed by atoms with Crippen LogP contribution in [0.4, 0.5) is 0 Å². The van der Waals surface area contributed by atoms with Crippen LogP contribution in [0.25, 0.3) is 0 Å². The highest BCUT2D eigenvalue weighted by molar-refractivity contribution is 7.89. The topological polar surface area (TPSA) is 96.7 Å². The molecule has 1 amide bonds. The third-order valence-corrected chi connectivity index (χ3v) is 8.12. The van der Waals surface area contributed by atoms with E-state index in [0.717, 1.165) is 24.1 Å². The molecule has 0 aliphatic carbocycles. The van der Waals surface area contributed by atoms with Crippen LogP contribution in [0.5, 0.6) is 0 Å². The number of piperidine rings is 1. The summed E-state index contributed by atoms with van der Waals surface area (Å²) in [4.78, 5) is 26.3. The van der Waals surface area contributed by atoms with E-state index in [0.29, 0.717) is 23.5 Å². The van der Waals surface area contributed by atoms with Crippen LogP contribution in [0.3, 0.4) is 0 Å². The van der Waals surface area contributed by atoms with Crippen molar-refractivity contribution in [2.24, 2.45) is 0 Å². The molecule has 9 heteroatoms. The third kappa shape index (κ3) is 4.79. The third-order valence-electron chi connectivity index (χ3n) is 5.12. The van der Waals surface area contributed by atoms with Crippen molar-refractivity contribution >= 4 is 33.1 Å². The van der Waals surface area contributed by atoms with E-state index >= 15 is 0 Å². The monoisotopic (exact) mass is 458 g/mol. The number of nitrogens with zero attached hydrogens (tertiary/aromatic N) is 1. The van der Waals surface area contributed by atoms with Gasteiger partial charge in [-0.15, -0.1) is 11.3 Å². The molecule has 1 aliphatic heterocycles. The second-order valence-corrected chi connectivity index (χ2v) is 10.4. The number of thiophene rings is 1. The molecule has 0 saturated carbocycles. The summed E-state index contributed by atoms with van der Waals surface area (Å²) in [5, 5.41) is 2.80. The number of rotatable bonds is 7. The van der Waals surface area contributed by atoms with Crippen LogP contribution in [-0.2, 0) is 16.6 Å². The quantitative estimate of drug-likeness (QED) is 0.545. The van der Waals surface area contributed by atoms with Gasteiger partial charge in [-0.2, -0.15) is 4.31 Å². The Balaban J connectivity index is 1.37. The summed E-state index contributed by atoms with van der Waals surface area (Å²) in [5.74, 6) is -0.232. The molecule has 1 saturated heterocycles. The average molecular weight is 459 g/mol. The van der Waals surface area contributed by atoms with Crippen molar-refractivity contribution in [3.8, 4) is 0 Å². The van der Waals surface area contributed by atoms with Gasteiger partial charge in [0.2, 0.25) is 15.8 Å². The lowest BCUT2D eigenvalue weighted by atomic mass is 10.2. The van der Waals surface area contributed by atoms with E-state index in [4.69, 9.17) is 4.42 Å². The zero-order valence-electron chi connectivity index (χ0n) is 16.7. The van der Waals surface area contributed by atoms with Crippen LogP contribution in [0.2, 0.25) is 0 Å². The molecule has 1 aromatic carbocycles. The van der Waals surface area contributed by atoms with Gasteiger partial charge in [-0.3, -0.25) is 9.59 Å². The summed E-state index contributed by atoms with van der Waals surface area (Å²) in [6, 6.07) is 12.8. The van der Waals surface area contributed by atoms with Crippen molar-refractivity contribution in [2.75, 3.05) is 13.1 Å². The van der Waals surface area contributed by atoms with Crippen LogP contribution in [0, 0.1) is 0 Å². The number of benzene rings is 1. The second kappa shape index (κ2) is 9.17. The molecule has 7 nitrogen and oxygen atoms in total. The van der Waals surface area contributed by atoms with Gasteiger partial charge in [0.1, 0.15) is 0 Å². The van der Waals surface area contributed by atoms with Crippen LogP contribution in [0.1, 0.15) is 49.9 Å². The average Bonchev–Trinajstić information content (AvgIpc) is 3.50. The van der Waals surface area contributed by atoms with E-state index < -0.39 is 10.0 Å². The molecule has 31 heavy (non-hydrogen) atoms. The maximum atomic E-state index is 12.7. The van der Waals surface area contributed by atoms with Crippen molar-refractivity contribution < 1.29 is 22.4 Å². The number of furan rings is 1. The molecule has 0 radical (unpaired) electrons. The Bertz CT molecular complexity index is 1160. The Morgan fingerprint density at radius 2 is 1.74 bits per heavy atom. The first-order chi connectivity index (χ1) is 14.9. The lowest BCUT2D eigenvalue weighted by Gasteiger charge is -2.25. The molecule has 1 N–H and O–H groups in total. The molecule has 1 fully saturated rings. The van der Waals surface area contributed by atoms with Crippen LogP contribution >= 0.6 is 11.3 Å². The van der Waals surface area contributed by atoms with E-state index in [2.05, 4.69) is 5.32 Å². The molecule has 162 valence electrons. The number of carbonyl (C=O) groups excluding carboxylic acids is 2. The van der Waals surface area contributed by atoms with E-state index in [1.807, 2.05) is 0 Å². The maximum Gasteiger partial charge on any atom is 0.251 e. The van der Waals surface area contributed by atoms with Gasteiger partial charge in [-0.05, 0) is 61.4 Å². The minimum Gasteiger partial charge on any atom is -0.461 e. The predicted molar refractivity (Wildman–Crippen MR) is 117 cm³/mol. The summed E-state index contributed by atoms with van der Waals surface area (Å²) < 4.78 is 32.1. The summed E-state index contributed by atoms with van der Waals surface area (Å²) in [6.45, 7) is 1.34. The lowest BCUT2D eigenvalue weighted by Crippen LogP contribution is -2.35. The van der Waals surface area contributed by atoms with Crippen molar-refractivity contribution in [3.63, 3.8) is 0 Å². The molecule has 2 aromatic heterocycles. The Kier molecular flexibility index (Phi) is 6.35. The van der Waals surface area contributed by atoms with Gasteiger partial charge in [-0.25, -0.2) is 8.42 Å². The van der Waals surface area contributed by atoms with Crippen molar-refractivity contribution in [2.45, 2.75) is 30.7 Å². The molecule has 0 atom stereocenters. The summed E-state index contributed by atoms with van der Waals surface area (Å²) >= 11 is 1.29. The van der Waals surface area contributed by atoms with Crippen molar-refractivity contribution in [1.29, 1.82) is 0 Å². The number of hydrogen-bond acceptors (Lipinski definition) is 6. The molecule has 4 rings (SSSR count). The fourth-order valence-electron chi connectivity index (χ4n) is 3.43. The number of carbonyl (C=O) groups is 2. The molecule has 0 spiro atoms. The maximum absolute atomic E-state index is 12.7. The SMILES string of the molecule is O=C(NCc1ccc(C(=O)c2ccco2)s1)c1ccc(S(=O)(=O)N2CCCCC2)cc1. The van der Waals surface area contributed by atoms with E-state index in [1.165, 1.54) is 46.2 Å². The molecule has 3 aromatic rings. The largest absolute Gasteiger partial charge is 0.461 e. The van der Waals surface area contributed by atoms with Gasteiger partial charge >= 0.3 is 0 Å². The zero-order chi connectivity index (χ0) is 21.8. The smallest absolute Gasteiger partial charge is 0.251 e. The number of ketones is 1. The fourth-order valence-corrected chi connectivity index (χ4v) is 5.84. The lowest BCUT2D eigenvalue weighted by molar-refractivity contribution is 0.0950. The summed E-state index contributed by atoms with van der Waals surface area (Å²) in [5.41, 5.74) is 0.376. The zero-order valence-corrected chi connectivity index (χ0v) is 18.4. The Morgan fingerprint density at radius 3 is 2.42 bits per heavy atom.